The number of benzene rings is 1. The molecule has 0 aliphatic heterocycles. The van der Waals surface area contributed by atoms with Gasteiger partial charge in [0, 0.05) is 22.8 Å². The second-order valence-electron chi connectivity index (χ2n) is 8.44. The maximum Gasteiger partial charge on any atom is 0.306 e. The number of hydrogen-bond donors (Lipinski definition) is 4. The van der Waals surface area contributed by atoms with Crippen molar-refractivity contribution in [1.82, 2.24) is 10.3 Å². The molecule has 34 heavy (non-hydrogen) atoms. The van der Waals surface area contributed by atoms with Gasteiger partial charge in [-0.2, -0.15) is 0 Å². The molecule has 0 radical (unpaired) electrons. The molecule has 1 unspecified atom stereocenters. The van der Waals surface area contributed by atoms with E-state index >= 15 is 0 Å². The molecule has 1 saturated carbocycles. The number of nitrogens with one attached hydrogen (secondary N) is 2. The summed E-state index contributed by atoms with van der Waals surface area (Å²) in [7, 11) is 0. The molecule has 0 saturated heterocycles. The summed E-state index contributed by atoms with van der Waals surface area (Å²) < 4.78 is 6.51. The summed E-state index contributed by atoms with van der Waals surface area (Å²) in [6.07, 6.45) is 4.34. The predicted molar refractivity (Wildman–Crippen MR) is 133 cm³/mol. The summed E-state index contributed by atoms with van der Waals surface area (Å²) in [4.78, 5) is 28.0. The maximum absolute atomic E-state index is 12.6. The molecule has 1 amide bonds. The fraction of sp³-hybridized carbons (Fsp3) is 0.458. The molecular weight excluding hydrogens is 526 g/mol. The van der Waals surface area contributed by atoms with Gasteiger partial charge >= 0.3 is 5.97 Å². The number of anilines is 1. The summed E-state index contributed by atoms with van der Waals surface area (Å²) >= 11 is 9.89. The number of aliphatic hydroxyl groups is 1. The first-order chi connectivity index (χ1) is 16.3. The number of carbonyl (C=O) groups excluding carboxylic acids is 1. The number of rotatable bonds is 10. The van der Waals surface area contributed by atoms with Gasteiger partial charge in [-0.1, -0.05) is 27.5 Å². The smallest absolute Gasteiger partial charge is 0.306 e. The average Bonchev–Trinajstić information content (AvgIpc) is 2.83. The van der Waals surface area contributed by atoms with E-state index in [1.165, 1.54) is 6.20 Å². The zero-order chi connectivity index (χ0) is 24.7. The van der Waals surface area contributed by atoms with Crippen LogP contribution in [0.25, 0.3) is 0 Å². The van der Waals surface area contributed by atoms with Gasteiger partial charge in [0.15, 0.2) is 0 Å². The van der Waals surface area contributed by atoms with Crippen molar-refractivity contribution in [3.05, 3.63) is 51.1 Å². The number of aliphatic carboxylic acids is 1. The number of amides is 1. The number of pyridine rings is 1. The molecule has 0 bridgehead atoms. The Kier molecular flexibility index (Phi) is 9.55. The van der Waals surface area contributed by atoms with Crippen LogP contribution in [0.15, 0.2) is 34.9 Å². The largest absolute Gasteiger partial charge is 0.491 e. The molecule has 1 aliphatic carbocycles. The lowest BCUT2D eigenvalue weighted by Gasteiger charge is -2.26. The molecule has 0 spiro atoms. The Balaban J connectivity index is 1.59. The number of ether oxygens (including phenoxy) is 1. The van der Waals surface area contributed by atoms with Crippen LogP contribution in [0, 0.1) is 11.8 Å². The summed E-state index contributed by atoms with van der Waals surface area (Å²) in [6.45, 7) is 2.54. The van der Waals surface area contributed by atoms with Gasteiger partial charge < -0.3 is 25.6 Å². The molecule has 1 aromatic heterocycles. The predicted octanol–water partition coefficient (Wildman–Crippen LogP) is 4.66. The first-order valence-corrected chi connectivity index (χ1v) is 12.4. The molecule has 1 aliphatic rings. The highest BCUT2D eigenvalue weighted by atomic mass is 79.9. The minimum absolute atomic E-state index is 0.0855. The molecule has 2 aromatic rings. The van der Waals surface area contributed by atoms with Gasteiger partial charge in [0.25, 0.3) is 5.91 Å². The van der Waals surface area contributed by atoms with Crippen LogP contribution in [0.3, 0.4) is 0 Å². The summed E-state index contributed by atoms with van der Waals surface area (Å²) in [5, 5.41) is 24.6. The van der Waals surface area contributed by atoms with Crippen molar-refractivity contribution in [3.63, 3.8) is 0 Å². The lowest BCUT2D eigenvalue weighted by atomic mass is 9.82. The first kappa shape index (κ1) is 26.2. The zero-order valence-electron chi connectivity index (χ0n) is 18.9. The van der Waals surface area contributed by atoms with Crippen LogP contribution < -0.4 is 15.4 Å². The van der Waals surface area contributed by atoms with Crippen LogP contribution >= 0.6 is 27.5 Å². The maximum atomic E-state index is 12.6. The lowest BCUT2D eigenvalue weighted by Crippen LogP contribution is -2.32. The number of hydrogen-bond acceptors (Lipinski definition) is 6. The van der Waals surface area contributed by atoms with Crippen molar-refractivity contribution in [2.75, 3.05) is 25.1 Å². The molecule has 184 valence electrons. The van der Waals surface area contributed by atoms with Gasteiger partial charge in [-0.15, -0.1) is 0 Å². The van der Waals surface area contributed by atoms with Crippen molar-refractivity contribution < 1.29 is 24.5 Å². The number of carbonyl (C=O) groups is 2. The minimum atomic E-state index is -0.736. The number of carboxylic acids is 1. The van der Waals surface area contributed by atoms with Crippen molar-refractivity contribution in [3.8, 4) is 5.75 Å². The zero-order valence-corrected chi connectivity index (χ0v) is 21.2. The lowest BCUT2D eigenvalue weighted by molar-refractivity contribution is -0.143. The Morgan fingerprint density at radius 3 is 2.65 bits per heavy atom. The highest BCUT2D eigenvalue weighted by Crippen LogP contribution is 2.32. The number of aromatic nitrogens is 1. The molecule has 4 N–H and O–H groups in total. The van der Waals surface area contributed by atoms with Gasteiger partial charge in [0.1, 0.15) is 18.2 Å². The van der Waals surface area contributed by atoms with Crippen molar-refractivity contribution >= 4 is 45.2 Å². The van der Waals surface area contributed by atoms with Crippen molar-refractivity contribution in [2.45, 2.75) is 38.6 Å². The van der Waals surface area contributed by atoms with Crippen LogP contribution in [0.5, 0.6) is 5.75 Å². The van der Waals surface area contributed by atoms with E-state index in [0.29, 0.717) is 41.5 Å². The topological polar surface area (TPSA) is 121 Å². The SMILES string of the molecule is CC(Nc1ncc(C(=O)NC[C@H]2CC[C@H](C(=O)O)CC2)cc1Cl)c1cc(Br)ccc1OCCO. The third-order valence-corrected chi connectivity index (χ3v) is 6.77. The summed E-state index contributed by atoms with van der Waals surface area (Å²) in [5.41, 5.74) is 1.22. The van der Waals surface area contributed by atoms with E-state index in [0.717, 1.165) is 22.9 Å². The van der Waals surface area contributed by atoms with Crippen molar-refractivity contribution in [2.24, 2.45) is 11.8 Å². The molecule has 1 atom stereocenters. The van der Waals surface area contributed by atoms with E-state index in [9.17, 15) is 9.59 Å². The first-order valence-electron chi connectivity index (χ1n) is 11.2. The summed E-state index contributed by atoms with van der Waals surface area (Å²) in [5.74, 6) is 0.0811. The van der Waals surface area contributed by atoms with E-state index in [-0.39, 0.29) is 37.0 Å². The fourth-order valence-electron chi connectivity index (χ4n) is 4.05. The third-order valence-electron chi connectivity index (χ3n) is 5.99. The second kappa shape index (κ2) is 12.4. The van der Waals surface area contributed by atoms with Crippen molar-refractivity contribution in [1.29, 1.82) is 0 Å². The van der Waals surface area contributed by atoms with E-state index in [1.807, 2.05) is 25.1 Å². The Bertz CT molecular complexity index is 1010. The van der Waals surface area contributed by atoms with E-state index in [1.54, 1.807) is 6.07 Å². The van der Waals surface area contributed by atoms with Crippen LogP contribution in [0.2, 0.25) is 5.02 Å². The molecule has 1 aromatic carbocycles. The fourth-order valence-corrected chi connectivity index (χ4v) is 4.65. The molecule has 1 heterocycles. The Morgan fingerprint density at radius 1 is 1.26 bits per heavy atom. The molecule has 10 heteroatoms. The number of carboxylic acid groups (broad SMARTS) is 1. The van der Waals surface area contributed by atoms with Crippen LogP contribution in [-0.2, 0) is 4.79 Å². The number of halogens is 2. The number of nitrogens with zero attached hydrogens (tertiary/aromatic N) is 1. The van der Waals surface area contributed by atoms with Crippen LogP contribution in [0.1, 0.15) is 54.6 Å². The van der Waals surface area contributed by atoms with E-state index < -0.39 is 5.97 Å². The molecule has 3 rings (SSSR count). The van der Waals surface area contributed by atoms with Gasteiger partial charge in [-0.3, -0.25) is 9.59 Å². The van der Waals surface area contributed by atoms with E-state index in [2.05, 4.69) is 31.5 Å². The van der Waals surface area contributed by atoms with E-state index in [4.69, 9.17) is 26.6 Å². The summed E-state index contributed by atoms with van der Waals surface area (Å²) in [6, 6.07) is 6.97. The Hall–Kier alpha value is -2.36. The quantitative estimate of drug-likeness (QED) is 0.337. The third kappa shape index (κ3) is 7.07. The second-order valence-corrected chi connectivity index (χ2v) is 9.76. The van der Waals surface area contributed by atoms with Gasteiger partial charge in [0.05, 0.1) is 29.2 Å². The normalized spacial score (nSPS) is 18.7. The monoisotopic (exact) mass is 553 g/mol. The van der Waals surface area contributed by atoms with Gasteiger partial charge in [0.2, 0.25) is 0 Å². The Morgan fingerprint density at radius 2 is 2.00 bits per heavy atom. The average molecular weight is 555 g/mol. The van der Waals surface area contributed by atoms with Gasteiger partial charge in [-0.05, 0) is 62.8 Å². The highest BCUT2D eigenvalue weighted by Gasteiger charge is 2.26. The standard InChI is InChI=1S/C24H29BrClN3O5/c1-14(19-11-18(25)6-7-21(19)34-9-8-30)29-22-20(26)10-17(13-27-22)23(31)28-12-15-2-4-16(5-3-15)24(32)33/h6-7,10-11,13-16,30H,2-5,8-9,12H2,1H3,(H,27,29)(H,28,31)(H,32,33)/t14?,15-,16-. The molecule has 8 nitrogen and oxygen atoms in total. The highest BCUT2D eigenvalue weighted by molar-refractivity contribution is 9.10. The number of aliphatic hydroxyl groups excluding tert-OH is 1. The Labute approximate surface area is 212 Å². The van der Waals surface area contributed by atoms with Crippen LogP contribution in [-0.4, -0.2) is 46.8 Å². The minimum Gasteiger partial charge on any atom is -0.491 e. The molecular formula is C24H29BrClN3O5. The van der Waals surface area contributed by atoms with Gasteiger partial charge in [-0.25, -0.2) is 4.98 Å². The van der Waals surface area contributed by atoms with Crippen LogP contribution in [0.4, 0.5) is 5.82 Å². The molecule has 1 fully saturated rings.